The molecule has 0 radical (unpaired) electrons. The van der Waals surface area contributed by atoms with Crippen LogP contribution in [-0.2, 0) is 6.61 Å². The molecule has 1 rings (SSSR count). The van der Waals surface area contributed by atoms with Crippen molar-refractivity contribution in [2.75, 3.05) is 6.61 Å². The van der Waals surface area contributed by atoms with Crippen molar-refractivity contribution in [3.8, 4) is 0 Å². The Labute approximate surface area is 71.5 Å². The van der Waals surface area contributed by atoms with Gasteiger partial charge in [-0.05, 0) is 11.1 Å². The normalized spacial score (nSPS) is 12.9. The fourth-order valence-corrected chi connectivity index (χ4v) is 0.976. The van der Waals surface area contributed by atoms with Gasteiger partial charge in [0.05, 0.1) is 19.3 Å². The standard InChI is InChI=1S/C9H13NO2/c10-9(6-12)8-3-1-7(5-11)2-4-8/h1-4,9,11-12H,5-6,10H2/t9-/m1/s1. The molecule has 0 fully saturated rings. The van der Waals surface area contributed by atoms with Crippen LogP contribution in [0.3, 0.4) is 0 Å². The molecule has 1 aromatic carbocycles. The average molecular weight is 167 g/mol. The Bertz CT molecular complexity index is 233. The molecule has 1 atom stereocenters. The van der Waals surface area contributed by atoms with Gasteiger partial charge in [-0.3, -0.25) is 0 Å². The summed E-state index contributed by atoms with van der Waals surface area (Å²) < 4.78 is 0. The highest BCUT2D eigenvalue weighted by molar-refractivity contribution is 5.24. The fraction of sp³-hybridized carbons (Fsp3) is 0.333. The van der Waals surface area contributed by atoms with Gasteiger partial charge in [-0.1, -0.05) is 24.3 Å². The molecule has 0 aliphatic rings. The minimum atomic E-state index is -0.322. The molecule has 0 saturated heterocycles. The first kappa shape index (κ1) is 9.19. The molecule has 66 valence electrons. The molecule has 0 aromatic heterocycles. The number of hydrogen-bond donors (Lipinski definition) is 3. The van der Waals surface area contributed by atoms with E-state index in [2.05, 4.69) is 0 Å². The van der Waals surface area contributed by atoms with Crippen LogP contribution >= 0.6 is 0 Å². The molecule has 4 N–H and O–H groups in total. The monoisotopic (exact) mass is 167 g/mol. The summed E-state index contributed by atoms with van der Waals surface area (Å²) in [6.45, 7) is -0.0207. The number of nitrogens with two attached hydrogens (primary N) is 1. The van der Waals surface area contributed by atoms with E-state index in [0.29, 0.717) is 0 Å². The zero-order chi connectivity index (χ0) is 8.97. The second kappa shape index (κ2) is 4.21. The van der Waals surface area contributed by atoms with Gasteiger partial charge in [0.1, 0.15) is 0 Å². The largest absolute Gasteiger partial charge is 0.394 e. The molecular weight excluding hydrogens is 154 g/mol. The summed E-state index contributed by atoms with van der Waals surface area (Å²) in [6, 6.07) is 6.90. The highest BCUT2D eigenvalue weighted by Gasteiger charge is 2.02. The Morgan fingerprint density at radius 2 is 1.75 bits per heavy atom. The second-order valence-corrected chi connectivity index (χ2v) is 2.69. The van der Waals surface area contributed by atoms with Gasteiger partial charge < -0.3 is 15.9 Å². The van der Waals surface area contributed by atoms with E-state index in [0.717, 1.165) is 11.1 Å². The topological polar surface area (TPSA) is 66.5 Å². The average Bonchev–Trinajstić information content (AvgIpc) is 2.17. The lowest BCUT2D eigenvalue weighted by atomic mass is 10.1. The van der Waals surface area contributed by atoms with E-state index in [-0.39, 0.29) is 19.3 Å². The minimum Gasteiger partial charge on any atom is -0.394 e. The highest BCUT2D eigenvalue weighted by atomic mass is 16.3. The van der Waals surface area contributed by atoms with Crippen LogP contribution in [0.2, 0.25) is 0 Å². The van der Waals surface area contributed by atoms with Crippen molar-refractivity contribution in [3.63, 3.8) is 0 Å². The van der Waals surface area contributed by atoms with Gasteiger partial charge in [-0.2, -0.15) is 0 Å². The lowest BCUT2D eigenvalue weighted by Gasteiger charge is -2.08. The summed E-state index contributed by atoms with van der Waals surface area (Å²) in [6.07, 6.45) is 0. The maximum Gasteiger partial charge on any atom is 0.0681 e. The maximum absolute atomic E-state index is 8.74. The summed E-state index contributed by atoms with van der Waals surface area (Å²) in [4.78, 5) is 0. The number of hydrogen-bond acceptors (Lipinski definition) is 3. The Kier molecular flexibility index (Phi) is 3.22. The molecule has 0 amide bonds. The molecule has 3 nitrogen and oxygen atoms in total. The van der Waals surface area contributed by atoms with E-state index < -0.39 is 0 Å². The van der Waals surface area contributed by atoms with Crippen molar-refractivity contribution in [1.82, 2.24) is 0 Å². The number of aliphatic hydroxyl groups is 2. The minimum absolute atomic E-state index is 0.0364. The molecule has 0 saturated carbocycles. The third kappa shape index (κ3) is 2.04. The third-order valence-electron chi connectivity index (χ3n) is 1.79. The molecule has 12 heavy (non-hydrogen) atoms. The van der Waals surface area contributed by atoms with Gasteiger partial charge in [0, 0.05) is 0 Å². The van der Waals surface area contributed by atoms with Gasteiger partial charge in [0.2, 0.25) is 0 Å². The molecule has 3 heteroatoms. The van der Waals surface area contributed by atoms with Crippen molar-refractivity contribution >= 4 is 0 Å². The summed E-state index contributed by atoms with van der Waals surface area (Å²) in [5.74, 6) is 0. The summed E-state index contributed by atoms with van der Waals surface area (Å²) >= 11 is 0. The Morgan fingerprint density at radius 3 is 2.17 bits per heavy atom. The van der Waals surface area contributed by atoms with Crippen LogP contribution in [0.5, 0.6) is 0 Å². The quantitative estimate of drug-likeness (QED) is 0.601. The van der Waals surface area contributed by atoms with Crippen molar-refractivity contribution in [1.29, 1.82) is 0 Å². The Morgan fingerprint density at radius 1 is 1.17 bits per heavy atom. The van der Waals surface area contributed by atoms with E-state index in [1.165, 1.54) is 0 Å². The zero-order valence-electron chi connectivity index (χ0n) is 6.77. The van der Waals surface area contributed by atoms with E-state index >= 15 is 0 Å². The Hall–Kier alpha value is -0.900. The van der Waals surface area contributed by atoms with Crippen LogP contribution in [0.25, 0.3) is 0 Å². The van der Waals surface area contributed by atoms with Gasteiger partial charge in [-0.15, -0.1) is 0 Å². The number of benzene rings is 1. The molecule has 0 spiro atoms. The lowest BCUT2D eigenvalue weighted by Crippen LogP contribution is -2.14. The van der Waals surface area contributed by atoms with Crippen molar-refractivity contribution < 1.29 is 10.2 Å². The van der Waals surface area contributed by atoms with Crippen molar-refractivity contribution in [3.05, 3.63) is 35.4 Å². The predicted octanol–water partition coefficient (Wildman–Crippen LogP) is 0.171. The van der Waals surface area contributed by atoms with Crippen LogP contribution in [0.1, 0.15) is 17.2 Å². The van der Waals surface area contributed by atoms with Crippen LogP contribution < -0.4 is 5.73 Å². The lowest BCUT2D eigenvalue weighted by molar-refractivity contribution is 0.267. The smallest absolute Gasteiger partial charge is 0.0681 e. The molecular formula is C9H13NO2. The summed E-state index contributed by atoms with van der Waals surface area (Å²) in [7, 11) is 0. The van der Waals surface area contributed by atoms with E-state index in [1.54, 1.807) is 12.1 Å². The van der Waals surface area contributed by atoms with Gasteiger partial charge in [0.25, 0.3) is 0 Å². The first-order valence-electron chi connectivity index (χ1n) is 3.84. The third-order valence-corrected chi connectivity index (χ3v) is 1.79. The predicted molar refractivity (Wildman–Crippen MR) is 46.4 cm³/mol. The number of rotatable bonds is 3. The van der Waals surface area contributed by atoms with Crippen molar-refractivity contribution in [2.45, 2.75) is 12.6 Å². The molecule has 0 aliphatic heterocycles. The molecule has 0 aliphatic carbocycles. The van der Waals surface area contributed by atoms with E-state index in [4.69, 9.17) is 15.9 Å². The molecule has 0 bridgehead atoms. The molecule has 0 heterocycles. The first-order chi connectivity index (χ1) is 5.77. The fourth-order valence-electron chi connectivity index (χ4n) is 0.976. The first-order valence-corrected chi connectivity index (χ1v) is 3.84. The van der Waals surface area contributed by atoms with Crippen LogP contribution in [0.15, 0.2) is 24.3 Å². The van der Waals surface area contributed by atoms with Crippen LogP contribution in [-0.4, -0.2) is 16.8 Å². The van der Waals surface area contributed by atoms with Crippen LogP contribution in [0.4, 0.5) is 0 Å². The van der Waals surface area contributed by atoms with E-state index in [9.17, 15) is 0 Å². The molecule has 1 aromatic rings. The Balaban J connectivity index is 2.77. The summed E-state index contributed by atoms with van der Waals surface area (Å²) in [5.41, 5.74) is 7.31. The van der Waals surface area contributed by atoms with Crippen LogP contribution in [0, 0.1) is 0 Å². The highest BCUT2D eigenvalue weighted by Crippen LogP contribution is 2.10. The van der Waals surface area contributed by atoms with Gasteiger partial charge in [-0.25, -0.2) is 0 Å². The number of aliphatic hydroxyl groups excluding tert-OH is 2. The SMILES string of the molecule is N[C@H](CO)c1ccc(CO)cc1. The summed E-state index contributed by atoms with van der Waals surface area (Å²) in [5, 5.41) is 17.5. The van der Waals surface area contributed by atoms with Gasteiger partial charge in [0.15, 0.2) is 0 Å². The van der Waals surface area contributed by atoms with Gasteiger partial charge >= 0.3 is 0 Å². The molecule has 0 unspecified atom stereocenters. The maximum atomic E-state index is 8.74. The zero-order valence-corrected chi connectivity index (χ0v) is 6.77. The second-order valence-electron chi connectivity index (χ2n) is 2.69. The van der Waals surface area contributed by atoms with Crippen molar-refractivity contribution in [2.24, 2.45) is 5.73 Å². The van der Waals surface area contributed by atoms with E-state index in [1.807, 2.05) is 12.1 Å².